The number of hydrogen-bond acceptors (Lipinski definition) is 4. The van der Waals surface area contributed by atoms with Crippen LogP contribution in [0.1, 0.15) is 37.8 Å². The lowest BCUT2D eigenvalue weighted by Crippen LogP contribution is -2.34. The molecule has 0 saturated heterocycles. The van der Waals surface area contributed by atoms with Crippen molar-refractivity contribution in [2.24, 2.45) is 11.8 Å². The SMILES string of the molecule is CCOC(=O)[C@@H]1CC=C(c2ccc(C(F)(F)F)cc2)C[C@H]1C(=O)OCC. The highest BCUT2D eigenvalue weighted by Crippen LogP contribution is 2.37. The first-order valence-corrected chi connectivity index (χ1v) is 8.47. The van der Waals surface area contributed by atoms with Gasteiger partial charge in [0.1, 0.15) is 0 Å². The smallest absolute Gasteiger partial charge is 0.416 e. The summed E-state index contributed by atoms with van der Waals surface area (Å²) in [6.07, 6.45) is -2.13. The van der Waals surface area contributed by atoms with Crippen molar-refractivity contribution in [3.05, 3.63) is 41.5 Å². The summed E-state index contributed by atoms with van der Waals surface area (Å²) in [5, 5.41) is 0. The molecule has 4 nitrogen and oxygen atoms in total. The molecule has 0 saturated carbocycles. The Labute approximate surface area is 150 Å². The lowest BCUT2D eigenvalue weighted by atomic mass is 9.77. The molecule has 0 heterocycles. The van der Waals surface area contributed by atoms with Crippen molar-refractivity contribution in [1.29, 1.82) is 0 Å². The standard InChI is InChI=1S/C19H21F3O4/c1-3-25-17(23)15-10-7-13(11-16(15)18(24)26-4-2)12-5-8-14(9-6-12)19(20,21)22/h5-9,15-16H,3-4,10-11H2,1-2H3/t15-,16-/m1/s1. The van der Waals surface area contributed by atoms with Gasteiger partial charge in [-0.15, -0.1) is 0 Å². The van der Waals surface area contributed by atoms with Crippen LogP contribution in [0, 0.1) is 11.8 Å². The molecule has 0 radical (unpaired) electrons. The first-order chi connectivity index (χ1) is 12.3. The molecule has 1 aliphatic rings. The molecule has 2 atom stereocenters. The molecule has 0 N–H and O–H groups in total. The Morgan fingerprint density at radius 2 is 1.54 bits per heavy atom. The van der Waals surface area contributed by atoms with Gasteiger partial charge < -0.3 is 9.47 Å². The number of rotatable bonds is 5. The molecule has 2 rings (SSSR count). The molecular weight excluding hydrogens is 349 g/mol. The van der Waals surface area contributed by atoms with Crippen LogP contribution in [0.2, 0.25) is 0 Å². The van der Waals surface area contributed by atoms with E-state index in [0.717, 1.165) is 17.7 Å². The molecule has 7 heteroatoms. The molecule has 0 amide bonds. The van der Waals surface area contributed by atoms with E-state index < -0.39 is 35.5 Å². The van der Waals surface area contributed by atoms with Crippen molar-refractivity contribution in [1.82, 2.24) is 0 Å². The van der Waals surface area contributed by atoms with Gasteiger partial charge in [0.2, 0.25) is 0 Å². The van der Waals surface area contributed by atoms with E-state index >= 15 is 0 Å². The van der Waals surface area contributed by atoms with Gasteiger partial charge in [-0.05, 0) is 50.0 Å². The minimum Gasteiger partial charge on any atom is -0.466 e. The van der Waals surface area contributed by atoms with E-state index in [0.29, 0.717) is 5.56 Å². The molecule has 1 aliphatic carbocycles. The number of benzene rings is 1. The van der Waals surface area contributed by atoms with E-state index in [1.165, 1.54) is 12.1 Å². The normalized spacial score (nSPS) is 20.3. The maximum Gasteiger partial charge on any atom is 0.416 e. The van der Waals surface area contributed by atoms with Gasteiger partial charge in [-0.3, -0.25) is 9.59 Å². The third-order valence-electron chi connectivity index (χ3n) is 4.31. The lowest BCUT2D eigenvalue weighted by molar-refractivity contribution is -0.160. The summed E-state index contributed by atoms with van der Waals surface area (Å²) in [7, 11) is 0. The monoisotopic (exact) mass is 370 g/mol. The highest BCUT2D eigenvalue weighted by Gasteiger charge is 2.38. The van der Waals surface area contributed by atoms with Crippen molar-refractivity contribution in [3.8, 4) is 0 Å². The highest BCUT2D eigenvalue weighted by molar-refractivity contribution is 5.86. The molecule has 26 heavy (non-hydrogen) atoms. The van der Waals surface area contributed by atoms with E-state index in [4.69, 9.17) is 9.47 Å². The first-order valence-electron chi connectivity index (χ1n) is 8.47. The maximum absolute atomic E-state index is 12.7. The van der Waals surface area contributed by atoms with Gasteiger partial charge in [-0.25, -0.2) is 0 Å². The average molecular weight is 370 g/mol. The molecular formula is C19H21F3O4. The van der Waals surface area contributed by atoms with Crippen molar-refractivity contribution < 1.29 is 32.2 Å². The highest BCUT2D eigenvalue weighted by atomic mass is 19.4. The van der Waals surface area contributed by atoms with Gasteiger partial charge in [0, 0.05) is 0 Å². The molecule has 0 spiro atoms. The predicted octanol–water partition coefficient (Wildman–Crippen LogP) is 4.24. The van der Waals surface area contributed by atoms with E-state index in [9.17, 15) is 22.8 Å². The predicted molar refractivity (Wildman–Crippen MR) is 88.9 cm³/mol. The third-order valence-corrected chi connectivity index (χ3v) is 4.31. The molecule has 1 aromatic rings. The van der Waals surface area contributed by atoms with Gasteiger partial charge >= 0.3 is 18.1 Å². The summed E-state index contributed by atoms with van der Waals surface area (Å²) in [4.78, 5) is 24.4. The van der Waals surface area contributed by atoms with Crippen molar-refractivity contribution in [2.75, 3.05) is 13.2 Å². The zero-order valence-electron chi connectivity index (χ0n) is 14.6. The van der Waals surface area contributed by atoms with Crippen LogP contribution in [-0.2, 0) is 25.2 Å². The first kappa shape index (κ1) is 20.0. The minimum atomic E-state index is -4.40. The number of halogens is 3. The second-order valence-corrected chi connectivity index (χ2v) is 5.96. The van der Waals surface area contributed by atoms with Crippen LogP contribution in [0.5, 0.6) is 0 Å². The summed E-state index contributed by atoms with van der Waals surface area (Å²) in [6, 6.07) is 4.77. The Bertz CT molecular complexity index is 677. The van der Waals surface area contributed by atoms with Crippen LogP contribution in [-0.4, -0.2) is 25.2 Å². The fourth-order valence-corrected chi connectivity index (χ4v) is 3.01. The fraction of sp³-hybridized carbons (Fsp3) is 0.474. The molecule has 0 fully saturated rings. The number of esters is 2. The van der Waals surface area contributed by atoms with Crippen LogP contribution in [0.3, 0.4) is 0 Å². The number of allylic oxidation sites excluding steroid dienone is 2. The lowest BCUT2D eigenvalue weighted by Gasteiger charge is -2.28. The van der Waals surface area contributed by atoms with Gasteiger partial charge in [0.05, 0.1) is 30.6 Å². The molecule has 0 aromatic heterocycles. The molecule has 142 valence electrons. The average Bonchev–Trinajstić information content (AvgIpc) is 2.61. The van der Waals surface area contributed by atoms with Gasteiger partial charge in [-0.2, -0.15) is 13.2 Å². The van der Waals surface area contributed by atoms with Gasteiger partial charge in [-0.1, -0.05) is 18.2 Å². The van der Waals surface area contributed by atoms with E-state index in [-0.39, 0.29) is 26.1 Å². The van der Waals surface area contributed by atoms with E-state index in [1.54, 1.807) is 19.9 Å². The third kappa shape index (κ3) is 4.65. The largest absolute Gasteiger partial charge is 0.466 e. The van der Waals surface area contributed by atoms with Crippen LogP contribution in [0.15, 0.2) is 30.3 Å². The minimum absolute atomic E-state index is 0.185. The fourth-order valence-electron chi connectivity index (χ4n) is 3.01. The van der Waals surface area contributed by atoms with E-state index in [2.05, 4.69) is 0 Å². The Hall–Kier alpha value is -2.31. The van der Waals surface area contributed by atoms with Gasteiger partial charge in [0.25, 0.3) is 0 Å². The van der Waals surface area contributed by atoms with Crippen LogP contribution in [0.25, 0.3) is 5.57 Å². The molecule has 0 aliphatic heterocycles. The summed E-state index contributed by atoms with van der Waals surface area (Å²) in [6.45, 7) is 3.75. The summed E-state index contributed by atoms with van der Waals surface area (Å²) in [5.41, 5.74) is 0.580. The number of carbonyl (C=O) groups is 2. The quantitative estimate of drug-likeness (QED) is 0.728. The second-order valence-electron chi connectivity index (χ2n) is 5.96. The number of ether oxygens (including phenoxy) is 2. The molecule has 1 aromatic carbocycles. The Kier molecular flexibility index (Phi) is 6.45. The van der Waals surface area contributed by atoms with Crippen LogP contribution in [0.4, 0.5) is 13.2 Å². The van der Waals surface area contributed by atoms with Crippen LogP contribution >= 0.6 is 0 Å². The summed E-state index contributed by atoms with van der Waals surface area (Å²) >= 11 is 0. The van der Waals surface area contributed by atoms with Crippen molar-refractivity contribution in [2.45, 2.75) is 32.9 Å². The summed E-state index contributed by atoms with van der Waals surface area (Å²) in [5.74, 6) is -2.32. The molecule has 0 bridgehead atoms. The zero-order valence-corrected chi connectivity index (χ0v) is 14.6. The number of carbonyl (C=O) groups excluding carboxylic acids is 2. The van der Waals surface area contributed by atoms with Gasteiger partial charge in [0.15, 0.2) is 0 Å². The zero-order chi connectivity index (χ0) is 19.3. The Balaban J connectivity index is 2.25. The van der Waals surface area contributed by atoms with Crippen LogP contribution < -0.4 is 0 Å². The Morgan fingerprint density at radius 3 is 2.04 bits per heavy atom. The van der Waals surface area contributed by atoms with Crippen molar-refractivity contribution in [3.63, 3.8) is 0 Å². The molecule has 0 unspecified atom stereocenters. The Morgan fingerprint density at radius 1 is 1.00 bits per heavy atom. The second kappa shape index (κ2) is 8.38. The van der Waals surface area contributed by atoms with Crippen molar-refractivity contribution >= 4 is 17.5 Å². The maximum atomic E-state index is 12.7. The topological polar surface area (TPSA) is 52.6 Å². The number of hydrogen-bond donors (Lipinski definition) is 0. The summed E-state index contributed by atoms with van der Waals surface area (Å²) < 4.78 is 48.2. The number of alkyl halides is 3. The van der Waals surface area contributed by atoms with E-state index in [1.807, 2.05) is 0 Å².